The van der Waals surface area contributed by atoms with E-state index in [2.05, 4.69) is 5.32 Å². The van der Waals surface area contributed by atoms with Crippen molar-refractivity contribution in [2.45, 2.75) is 19.9 Å². The van der Waals surface area contributed by atoms with Gasteiger partial charge in [0.2, 0.25) is 0 Å². The Hall–Kier alpha value is -1.62. The molecule has 0 spiro atoms. The third-order valence-corrected chi connectivity index (χ3v) is 2.72. The molecule has 18 heavy (non-hydrogen) atoms. The van der Waals surface area contributed by atoms with Crippen LogP contribution >= 0.6 is 0 Å². The highest BCUT2D eigenvalue weighted by Gasteiger charge is 2.22. The van der Waals surface area contributed by atoms with Crippen molar-refractivity contribution in [3.63, 3.8) is 0 Å². The average molecular weight is 254 g/mol. The number of para-hydroxylation sites is 1. The van der Waals surface area contributed by atoms with E-state index in [0.717, 1.165) is 0 Å². The summed E-state index contributed by atoms with van der Waals surface area (Å²) in [6.07, 6.45) is 0. The molecule has 100 valence electrons. The largest absolute Gasteiger partial charge is 0.395 e. The number of aliphatic hydroxyl groups excluding tert-OH is 1. The Bertz CT molecular complexity index is 421. The van der Waals surface area contributed by atoms with Crippen LogP contribution < -0.4 is 5.32 Å². The second-order valence-electron chi connectivity index (χ2n) is 4.23. The third-order valence-electron chi connectivity index (χ3n) is 2.72. The Kier molecular flexibility index (Phi) is 5.09. The minimum absolute atomic E-state index is 0.0578. The SMILES string of the molecule is CNc1c(F)cccc1C(=O)N(CCO)C(C)C. The van der Waals surface area contributed by atoms with Gasteiger partial charge in [-0.25, -0.2) is 4.39 Å². The standard InChI is InChI=1S/C13H19FN2O2/c1-9(2)16(7-8-17)13(18)10-5-4-6-11(14)12(10)15-3/h4-6,9,15,17H,7-8H2,1-3H3. The van der Waals surface area contributed by atoms with Gasteiger partial charge in [0, 0.05) is 19.6 Å². The van der Waals surface area contributed by atoms with Crippen LogP contribution in [0.5, 0.6) is 0 Å². The lowest BCUT2D eigenvalue weighted by molar-refractivity contribution is 0.0666. The van der Waals surface area contributed by atoms with Gasteiger partial charge in [0.25, 0.3) is 5.91 Å². The van der Waals surface area contributed by atoms with Crippen LogP contribution in [0.1, 0.15) is 24.2 Å². The normalized spacial score (nSPS) is 10.6. The maximum Gasteiger partial charge on any atom is 0.256 e. The topological polar surface area (TPSA) is 52.6 Å². The molecule has 0 unspecified atom stereocenters. The van der Waals surface area contributed by atoms with E-state index in [-0.39, 0.29) is 36.4 Å². The molecule has 0 saturated carbocycles. The highest BCUT2D eigenvalue weighted by molar-refractivity contribution is 5.99. The van der Waals surface area contributed by atoms with E-state index in [1.807, 2.05) is 13.8 Å². The number of benzene rings is 1. The predicted octanol–water partition coefficient (Wildman–Crippen LogP) is 1.71. The molecule has 2 N–H and O–H groups in total. The number of nitrogens with one attached hydrogen (secondary N) is 1. The Morgan fingerprint density at radius 3 is 2.67 bits per heavy atom. The summed E-state index contributed by atoms with van der Waals surface area (Å²) in [5.41, 5.74) is 0.464. The lowest BCUT2D eigenvalue weighted by Gasteiger charge is -2.26. The van der Waals surface area contributed by atoms with Crippen molar-refractivity contribution >= 4 is 11.6 Å². The molecule has 0 heterocycles. The van der Waals surface area contributed by atoms with Gasteiger partial charge in [0.1, 0.15) is 5.82 Å². The van der Waals surface area contributed by atoms with Gasteiger partial charge in [-0.05, 0) is 26.0 Å². The molecule has 1 aromatic rings. The zero-order valence-electron chi connectivity index (χ0n) is 10.9. The van der Waals surface area contributed by atoms with Gasteiger partial charge in [-0.2, -0.15) is 0 Å². The molecule has 1 rings (SSSR count). The molecule has 5 heteroatoms. The summed E-state index contributed by atoms with van der Waals surface area (Å²) in [5.74, 6) is -0.751. The van der Waals surface area contributed by atoms with E-state index in [4.69, 9.17) is 5.11 Å². The molecule has 0 aliphatic heterocycles. The number of carbonyl (C=O) groups is 1. The first kappa shape index (κ1) is 14.4. The molecule has 0 bridgehead atoms. The second-order valence-corrected chi connectivity index (χ2v) is 4.23. The number of nitrogens with zero attached hydrogens (tertiary/aromatic N) is 1. The summed E-state index contributed by atoms with van der Waals surface area (Å²) in [6, 6.07) is 4.32. The van der Waals surface area contributed by atoms with E-state index in [1.54, 1.807) is 13.1 Å². The summed E-state index contributed by atoms with van der Waals surface area (Å²) in [6.45, 7) is 3.82. The first-order chi connectivity index (χ1) is 8.52. The molecular weight excluding hydrogens is 235 g/mol. The molecule has 0 saturated heterocycles. The van der Waals surface area contributed by atoms with Gasteiger partial charge in [-0.3, -0.25) is 4.79 Å². The Labute approximate surface area is 106 Å². The summed E-state index contributed by atoms with van der Waals surface area (Å²) < 4.78 is 13.6. The first-order valence-corrected chi connectivity index (χ1v) is 5.91. The number of rotatable bonds is 5. The zero-order valence-corrected chi connectivity index (χ0v) is 10.9. The second kappa shape index (κ2) is 6.35. The van der Waals surface area contributed by atoms with E-state index in [9.17, 15) is 9.18 Å². The third kappa shape index (κ3) is 2.98. The van der Waals surface area contributed by atoms with Crippen molar-refractivity contribution < 1.29 is 14.3 Å². The van der Waals surface area contributed by atoms with Crippen molar-refractivity contribution in [1.29, 1.82) is 0 Å². The molecule has 0 radical (unpaired) electrons. The van der Waals surface area contributed by atoms with Crippen molar-refractivity contribution in [3.8, 4) is 0 Å². The summed E-state index contributed by atoms with van der Waals surface area (Å²) in [4.78, 5) is 13.8. The number of aliphatic hydroxyl groups is 1. The van der Waals surface area contributed by atoms with Crippen molar-refractivity contribution in [1.82, 2.24) is 4.90 Å². The number of carbonyl (C=O) groups excluding carboxylic acids is 1. The molecule has 0 fully saturated rings. The Morgan fingerprint density at radius 2 is 2.17 bits per heavy atom. The van der Waals surface area contributed by atoms with E-state index in [1.165, 1.54) is 17.0 Å². The lowest BCUT2D eigenvalue weighted by Crippen LogP contribution is -2.39. The maximum absolute atomic E-state index is 13.6. The smallest absolute Gasteiger partial charge is 0.256 e. The summed E-state index contributed by atoms with van der Waals surface area (Å²) in [7, 11) is 1.57. The van der Waals surface area contributed by atoms with Crippen LogP contribution in [-0.4, -0.2) is 42.2 Å². The van der Waals surface area contributed by atoms with Crippen molar-refractivity contribution in [2.75, 3.05) is 25.5 Å². The highest BCUT2D eigenvalue weighted by atomic mass is 19.1. The molecule has 0 aromatic heterocycles. The van der Waals surface area contributed by atoms with Crippen molar-refractivity contribution in [2.24, 2.45) is 0 Å². The van der Waals surface area contributed by atoms with Gasteiger partial charge >= 0.3 is 0 Å². The Morgan fingerprint density at radius 1 is 1.50 bits per heavy atom. The quantitative estimate of drug-likeness (QED) is 0.841. The Balaban J connectivity index is 3.12. The van der Waals surface area contributed by atoms with Crippen molar-refractivity contribution in [3.05, 3.63) is 29.6 Å². The first-order valence-electron chi connectivity index (χ1n) is 5.91. The van der Waals surface area contributed by atoms with Crippen LogP contribution in [0.15, 0.2) is 18.2 Å². The fourth-order valence-electron chi connectivity index (χ4n) is 1.81. The predicted molar refractivity (Wildman–Crippen MR) is 69.2 cm³/mol. The molecule has 0 aliphatic carbocycles. The van der Waals surface area contributed by atoms with Gasteiger partial charge in [-0.15, -0.1) is 0 Å². The fraction of sp³-hybridized carbons (Fsp3) is 0.462. The van der Waals surface area contributed by atoms with E-state index < -0.39 is 5.82 Å². The minimum atomic E-state index is -0.462. The summed E-state index contributed by atoms with van der Waals surface area (Å²) in [5, 5.41) is 11.7. The van der Waals surface area contributed by atoms with E-state index >= 15 is 0 Å². The monoisotopic (exact) mass is 254 g/mol. The van der Waals surface area contributed by atoms with Gasteiger partial charge in [0.15, 0.2) is 0 Å². The van der Waals surface area contributed by atoms with Crippen LogP contribution in [-0.2, 0) is 0 Å². The lowest BCUT2D eigenvalue weighted by atomic mass is 10.1. The van der Waals surface area contributed by atoms with Gasteiger partial charge < -0.3 is 15.3 Å². The van der Waals surface area contributed by atoms with Gasteiger partial charge in [-0.1, -0.05) is 6.07 Å². The van der Waals surface area contributed by atoms with Crippen LogP contribution in [0.3, 0.4) is 0 Å². The van der Waals surface area contributed by atoms with Crippen LogP contribution in [0, 0.1) is 5.82 Å². The molecule has 0 aliphatic rings. The van der Waals surface area contributed by atoms with Gasteiger partial charge in [0.05, 0.1) is 17.9 Å². The average Bonchev–Trinajstić information content (AvgIpc) is 2.34. The number of halogens is 1. The molecule has 1 amide bonds. The van der Waals surface area contributed by atoms with Crippen LogP contribution in [0.2, 0.25) is 0 Å². The molecule has 4 nitrogen and oxygen atoms in total. The number of hydrogen-bond acceptors (Lipinski definition) is 3. The van der Waals surface area contributed by atoms with Crippen LogP contribution in [0.25, 0.3) is 0 Å². The van der Waals surface area contributed by atoms with E-state index in [0.29, 0.717) is 0 Å². The molecule has 0 atom stereocenters. The zero-order chi connectivity index (χ0) is 13.7. The molecular formula is C13H19FN2O2. The molecule has 1 aromatic carbocycles. The summed E-state index contributed by atoms with van der Waals surface area (Å²) >= 11 is 0. The maximum atomic E-state index is 13.6. The van der Waals surface area contributed by atoms with Crippen LogP contribution in [0.4, 0.5) is 10.1 Å². The number of hydrogen-bond donors (Lipinski definition) is 2. The number of anilines is 1. The fourth-order valence-corrected chi connectivity index (χ4v) is 1.81. The minimum Gasteiger partial charge on any atom is -0.395 e. The number of amides is 1. The highest BCUT2D eigenvalue weighted by Crippen LogP contribution is 2.21.